The summed E-state index contributed by atoms with van der Waals surface area (Å²) in [4.78, 5) is 12.1. The molecule has 4 heteroatoms. The Kier molecular flexibility index (Phi) is 33.2. The molecule has 0 rings (SSSR count). The van der Waals surface area contributed by atoms with E-state index in [-0.39, 0.29) is 19.2 Å². The highest BCUT2D eigenvalue weighted by Crippen LogP contribution is 2.14. The standard InChI is InChI=1S/C37H66O4/c1-3-5-7-9-11-13-15-17-18-19-21-23-25-27-29-31-33-40-35-36(34-38)41-37(39)32-30-28-26-24-22-20-16-14-12-10-8-6-4-2/h6,8,12,14,20,22,26,28,36,38H,3-5,7,9-11,13,15-19,21,23-25,27,29-35H2,1-2H3/b8-6-,14-12-,22-20-,28-26-. The molecule has 0 aromatic carbocycles. The van der Waals surface area contributed by atoms with Gasteiger partial charge in [-0.15, -0.1) is 0 Å². The van der Waals surface area contributed by atoms with Crippen LogP contribution in [0.4, 0.5) is 0 Å². The van der Waals surface area contributed by atoms with Crippen LogP contribution in [0.2, 0.25) is 0 Å². The highest BCUT2D eigenvalue weighted by Gasteiger charge is 2.13. The molecule has 0 aliphatic heterocycles. The lowest BCUT2D eigenvalue weighted by Crippen LogP contribution is -2.27. The van der Waals surface area contributed by atoms with Crippen molar-refractivity contribution >= 4 is 5.97 Å². The monoisotopic (exact) mass is 574 g/mol. The number of rotatable bonds is 31. The van der Waals surface area contributed by atoms with Crippen molar-refractivity contribution in [3.05, 3.63) is 48.6 Å². The molecule has 0 saturated carbocycles. The molecular weight excluding hydrogens is 508 g/mol. The van der Waals surface area contributed by atoms with Crippen LogP contribution in [0.3, 0.4) is 0 Å². The highest BCUT2D eigenvalue weighted by atomic mass is 16.6. The summed E-state index contributed by atoms with van der Waals surface area (Å²) in [7, 11) is 0. The van der Waals surface area contributed by atoms with Crippen molar-refractivity contribution in [1.29, 1.82) is 0 Å². The van der Waals surface area contributed by atoms with E-state index >= 15 is 0 Å². The Balaban J connectivity index is 3.53. The van der Waals surface area contributed by atoms with E-state index < -0.39 is 6.10 Å². The van der Waals surface area contributed by atoms with Gasteiger partial charge >= 0.3 is 5.97 Å². The number of aliphatic hydroxyl groups is 1. The number of carbonyl (C=O) groups is 1. The van der Waals surface area contributed by atoms with Gasteiger partial charge in [0, 0.05) is 13.0 Å². The molecule has 0 aliphatic carbocycles. The van der Waals surface area contributed by atoms with Crippen molar-refractivity contribution in [3.8, 4) is 0 Å². The molecule has 0 aromatic rings. The number of allylic oxidation sites excluding steroid dienone is 8. The van der Waals surface area contributed by atoms with E-state index in [0.29, 0.717) is 19.4 Å². The third-order valence-electron chi connectivity index (χ3n) is 7.18. The van der Waals surface area contributed by atoms with Gasteiger partial charge in [0.05, 0.1) is 13.2 Å². The Morgan fingerprint density at radius 1 is 0.610 bits per heavy atom. The Hall–Kier alpha value is -1.65. The molecule has 238 valence electrons. The molecule has 0 aromatic heterocycles. The largest absolute Gasteiger partial charge is 0.457 e. The van der Waals surface area contributed by atoms with Crippen molar-refractivity contribution in [3.63, 3.8) is 0 Å². The average Bonchev–Trinajstić information content (AvgIpc) is 2.98. The first-order valence-electron chi connectivity index (χ1n) is 17.2. The fourth-order valence-corrected chi connectivity index (χ4v) is 4.63. The number of hydrogen-bond donors (Lipinski definition) is 1. The molecule has 0 saturated heterocycles. The third-order valence-corrected chi connectivity index (χ3v) is 7.18. The molecular formula is C37H66O4. The van der Waals surface area contributed by atoms with E-state index in [2.05, 4.69) is 56.4 Å². The van der Waals surface area contributed by atoms with Crippen LogP contribution in [0, 0.1) is 0 Å². The first-order valence-corrected chi connectivity index (χ1v) is 17.2. The molecule has 41 heavy (non-hydrogen) atoms. The van der Waals surface area contributed by atoms with Crippen LogP contribution < -0.4 is 0 Å². The van der Waals surface area contributed by atoms with Crippen molar-refractivity contribution in [2.45, 2.75) is 161 Å². The number of ether oxygens (including phenoxy) is 2. The Bertz CT molecular complexity index is 649. The second kappa shape index (κ2) is 34.6. The summed E-state index contributed by atoms with van der Waals surface area (Å²) >= 11 is 0. The van der Waals surface area contributed by atoms with Gasteiger partial charge in [0.1, 0.15) is 6.10 Å². The fourth-order valence-electron chi connectivity index (χ4n) is 4.63. The topological polar surface area (TPSA) is 55.8 Å². The van der Waals surface area contributed by atoms with Gasteiger partial charge in [-0.1, -0.05) is 159 Å². The number of carbonyl (C=O) groups excluding carboxylic acids is 1. The zero-order chi connectivity index (χ0) is 29.9. The molecule has 0 heterocycles. The summed E-state index contributed by atoms with van der Waals surface area (Å²) < 4.78 is 11.0. The molecule has 0 radical (unpaired) electrons. The van der Waals surface area contributed by atoms with Gasteiger partial charge in [0.15, 0.2) is 0 Å². The van der Waals surface area contributed by atoms with Gasteiger partial charge < -0.3 is 14.6 Å². The maximum Gasteiger partial charge on any atom is 0.306 e. The minimum absolute atomic E-state index is 0.200. The predicted octanol–water partition coefficient (Wildman–Crippen LogP) is 10.8. The Morgan fingerprint density at radius 3 is 1.51 bits per heavy atom. The molecule has 1 N–H and O–H groups in total. The maximum atomic E-state index is 12.1. The van der Waals surface area contributed by atoms with Gasteiger partial charge in [-0.05, 0) is 38.5 Å². The van der Waals surface area contributed by atoms with E-state index in [0.717, 1.165) is 32.1 Å². The lowest BCUT2D eigenvalue weighted by atomic mass is 10.0. The van der Waals surface area contributed by atoms with Crippen LogP contribution in [0.25, 0.3) is 0 Å². The summed E-state index contributed by atoms with van der Waals surface area (Å²) in [5, 5.41) is 9.52. The van der Waals surface area contributed by atoms with Crippen LogP contribution in [0.15, 0.2) is 48.6 Å². The molecule has 1 atom stereocenters. The van der Waals surface area contributed by atoms with Crippen molar-refractivity contribution in [2.24, 2.45) is 0 Å². The van der Waals surface area contributed by atoms with Gasteiger partial charge in [-0.25, -0.2) is 0 Å². The Labute approximate surface area is 254 Å². The van der Waals surface area contributed by atoms with E-state index in [9.17, 15) is 9.90 Å². The van der Waals surface area contributed by atoms with Gasteiger partial charge in [0.25, 0.3) is 0 Å². The Morgan fingerprint density at radius 2 is 1.05 bits per heavy atom. The van der Waals surface area contributed by atoms with E-state index in [1.165, 1.54) is 96.3 Å². The van der Waals surface area contributed by atoms with Crippen molar-refractivity contribution in [2.75, 3.05) is 19.8 Å². The normalized spacial score (nSPS) is 13.0. The molecule has 0 amide bonds. The summed E-state index contributed by atoms with van der Waals surface area (Å²) in [6.07, 6.45) is 43.0. The molecule has 1 unspecified atom stereocenters. The van der Waals surface area contributed by atoms with Gasteiger partial charge in [0.2, 0.25) is 0 Å². The second-order valence-corrected chi connectivity index (χ2v) is 11.2. The van der Waals surface area contributed by atoms with E-state index in [1.54, 1.807) is 0 Å². The lowest BCUT2D eigenvalue weighted by molar-refractivity contribution is -0.154. The second-order valence-electron chi connectivity index (χ2n) is 11.2. The van der Waals surface area contributed by atoms with Crippen molar-refractivity contribution in [1.82, 2.24) is 0 Å². The first-order chi connectivity index (χ1) is 20.2. The molecule has 0 aliphatic rings. The van der Waals surface area contributed by atoms with E-state index in [4.69, 9.17) is 9.47 Å². The summed E-state index contributed by atoms with van der Waals surface area (Å²) in [5.74, 6) is -0.280. The molecule has 0 fully saturated rings. The van der Waals surface area contributed by atoms with Crippen molar-refractivity contribution < 1.29 is 19.4 Å². The van der Waals surface area contributed by atoms with Crippen LogP contribution >= 0.6 is 0 Å². The average molecular weight is 575 g/mol. The zero-order valence-electron chi connectivity index (χ0n) is 27.0. The third kappa shape index (κ3) is 32.7. The number of aliphatic hydroxyl groups excluding tert-OH is 1. The zero-order valence-corrected chi connectivity index (χ0v) is 27.0. The highest BCUT2D eigenvalue weighted by molar-refractivity contribution is 5.69. The minimum atomic E-state index is -0.569. The summed E-state index contributed by atoms with van der Waals surface area (Å²) in [5.41, 5.74) is 0. The van der Waals surface area contributed by atoms with Gasteiger partial charge in [-0.3, -0.25) is 4.79 Å². The van der Waals surface area contributed by atoms with Crippen LogP contribution in [0.5, 0.6) is 0 Å². The molecule has 0 bridgehead atoms. The minimum Gasteiger partial charge on any atom is -0.457 e. The first kappa shape index (κ1) is 39.4. The maximum absolute atomic E-state index is 12.1. The van der Waals surface area contributed by atoms with Crippen LogP contribution in [-0.4, -0.2) is 37.0 Å². The van der Waals surface area contributed by atoms with E-state index in [1.807, 2.05) is 6.08 Å². The van der Waals surface area contributed by atoms with Crippen LogP contribution in [0.1, 0.15) is 155 Å². The number of esters is 1. The molecule has 4 nitrogen and oxygen atoms in total. The quantitative estimate of drug-likeness (QED) is 0.0508. The summed E-state index contributed by atoms with van der Waals surface area (Å²) in [6.45, 7) is 5.15. The van der Waals surface area contributed by atoms with Crippen LogP contribution in [-0.2, 0) is 14.3 Å². The lowest BCUT2D eigenvalue weighted by Gasteiger charge is -2.15. The number of hydrogen-bond acceptors (Lipinski definition) is 4. The number of unbranched alkanes of at least 4 members (excludes halogenated alkanes) is 15. The summed E-state index contributed by atoms with van der Waals surface area (Å²) in [6, 6.07) is 0. The smallest absolute Gasteiger partial charge is 0.306 e. The predicted molar refractivity (Wildman–Crippen MR) is 177 cm³/mol. The van der Waals surface area contributed by atoms with Gasteiger partial charge in [-0.2, -0.15) is 0 Å². The molecule has 0 spiro atoms. The fraction of sp³-hybridized carbons (Fsp3) is 0.757. The SMILES string of the molecule is CC/C=C\C/C=C\C/C=C\C/C=C\CCC(=O)OC(CO)COCCCCCCCCCCCCCCCCCC.